The number of halogens is 1. The van der Waals surface area contributed by atoms with Gasteiger partial charge in [0.05, 0.1) is 0 Å². The standard InChI is InChI=1S/C16H25BrN2/c1-5-14-8-6-11(2)19(14)16-10-13(17)7-9-15(16)12(3)18-4/h7,9-12,14,18H,5-6,8H2,1-4H3. The van der Waals surface area contributed by atoms with Crippen molar-refractivity contribution in [1.82, 2.24) is 5.32 Å². The predicted octanol–water partition coefficient (Wildman–Crippen LogP) is 4.50. The second-order valence-corrected chi connectivity index (χ2v) is 6.52. The molecular weight excluding hydrogens is 300 g/mol. The molecule has 1 aliphatic rings. The molecule has 0 saturated carbocycles. The minimum atomic E-state index is 0.383. The lowest BCUT2D eigenvalue weighted by Gasteiger charge is -2.33. The summed E-state index contributed by atoms with van der Waals surface area (Å²) in [5.41, 5.74) is 2.80. The van der Waals surface area contributed by atoms with Crippen molar-refractivity contribution in [2.75, 3.05) is 11.9 Å². The Morgan fingerprint density at radius 1 is 1.42 bits per heavy atom. The van der Waals surface area contributed by atoms with E-state index in [9.17, 15) is 0 Å². The average Bonchev–Trinajstić information content (AvgIpc) is 2.78. The highest BCUT2D eigenvalue weighted by Gasteiger charge is 2.31. The summed E-state index contributed by atoms with van der Waals surface area (Å²) in [7, 11) is 2.03. The molecule has 0 bridgehead atoms. The van der Waals surface area contributed by atoms with E-state index in [0.29, 0.717) is 18.1 Å². The van der Waals surface area contributed by atoms with E-state index in [1.807, 2.05) is 7.05 Å². The van der Waals surface area contributed by atoms with Gasteiger partial charge in [0.2, 0.25) is 0 Å². The van der Waals surface area contributed by atoms with Gasteiger partial charge in [-0.05, 0) is 57.9 Å². The molecular formula is C16H25BrN2. The monoisotopic (exact) mass is 324 g/mol. The smallest absolute Gasteiger partial charge is 0.0430 e. The highest BCUT2D eigenvalue weighted by Crippen LogP contribution is 2.37. The van der Waals surface area contributed by atoms with Crippen LogP contribution in [0.3, 0.4) is 0 Å². The Hall–Kier alpha value is -0.540. The van der Waals surface area contributed by atoms with Gasteiger partial charge in [-0.3, -0.25) is 0 Å². The number of rotatable bonds is 4. The van der Waals surface area contributed by atoms with Gasteiger partial charge in [0, 0.05) is 28.3 Å². The predicted molar refractivity (Wildman–Crippen MR) is 86.9 cm³/mol. The minimum absolute atomic E-state index is 0.383. The number of nitrogens with one attached hydrogen (secondary N) is 1. The van der Waals surface area contributed by atoms with E-state index in [4.69, 9.17) is 0 Å². The molecule has 0 aliphatic carbocycles. The lowest BCUT2D eigenvalue weighted by Crippen LogP contribution is -2.35. The van der Waals surface area contributed by atoms with Gasteiger partial charge >= 0.3 is 0 Å². The van der Waals surface area contributed by atoms with E-state index in [-0.39, 0.29) is 0 Å². The fourth-order valence-electron chi connectivity index (χ4n) is 3.17. The highest BCUT2D eigenvalue weighted by molar-refractivity contribution is 9.10. The summed E-state index contributed by atoms with van der Waals surface area (Å²) in [6.45, 7) is 6.88. The molecule has 0 spiro atoms. The summed E-state index contributed by atoms with van der Waals surface area (Å²) in [4.78, 5) is 2.63. The molecule has 1 aliphatic heterocycles. The van der Waals surface area contributed by atoms with Crippen LogP contribution in [-0.4, -0.2) is 19.1 Å². The van der Waals surface area contributed by atoms with Gasteiger partial charge in [0.15, 0.2) is 0 Å². The number of hydrogen-bond donors (Lipinski definition) is 1. The van der Waals surface area contributed by atoms with Crippen molar-refractivity contribution in [2.24, 2.45) is 0 Å². The Labute approximate surface area is 125 Å². The Morgan fingerprint density at radius 3 is 2.79 bits per heavy atom. The normalized spacial score (nSPS) is 24.8. The molecule has 1 aromatic carbocycles. The van der Waals surface area contributed by atoms with Crippen molar-refractivity contribution in [1.29, 1.82) is 0 Å². The van der Waals surface area contributed by atoms with Crippen LogP contribution in [0.25, 0.3) is 0 Å². The molecule has 3 atom stereocenters. The molecule has 0 amide bonds. The fourth-order valence-corrected chi connectivity index (χ4v) is 3.52. The summed E-state index contributed by atoms with van der Waals surface area (Å²) < 4.78 is 1.17. The first kappa shape index (κ1) is 14.9. The molecule has 1 fully saturated rings. The molecule has 19 heavy (non-hydrogen) atoms. The molecule has 106 valence electrons. The summed E-state index contributed by atoms with van der Waals surface area (Å²) >= 11 is 3.63. The number of hydrogen-bond acceptors (Lipinski definition) is 2. The zero-order valence-electron chi connectivity index (χ0n) is 12.4. The second-order valence-electron chi connectivity index (χ2n) is 5.61. The molecule has 2 rings (SSSR count). The second kappa shape index (κ2) is 6.27. The van der Waals surface area contributed by atoms with Crippen LogP contribution in [0.1, 0.15) is 51.6 Å². The Balaban J connectivity index is 2.44. The van der Waals surface area contributed by atoms with E-state index >= 15 is 0 Å². The fraction of sp³-hybridized carbons (Fsp3) is 0.625. The van der Waals surface area contributed by atoms with Crippen LogP contribution in [0.15, 0.2) is 22.7 Å². The topological polar surface area (TPSA) is 15.3 Å². The minimum Gasteiger partial charge on any atom is -0.366 e. The molecule has 0 aromatic heterocycles. The van der Waals surface area contributed by atoms with Crippen LogP contribution in [0.4, 0.5) is 5.69 Å². The van der Waals surface area contributed by atoms with Crippen LogP contribution in [0, 0.1) is 0 Å². The molecule has 3 unspecified atom stereocenters. The van der Waals surface area contributed by atoms with Crippen LogP contribution >= 0.6 is 15.9 Å². The summed E-state index contributed by atoms with van der Waals surface area (Å²) in [5, 5.41) is 3.37. The highest BCUT2D eigenvalue weighted by atomic mass is 79.9. The Bertz CT molecular complexity index is 433. The zero-order chi connectivity index (χ0) is 14.0. The summed E-state index contributed by atoms with van der Waals surface area (Å²) in [5.74, 6) is 0. The van der Waals surface area contributed by atoms with E-state index in [0.717, 1.165) is 0 Å². The first-order valence-electron chi connectivity index (χ1n) is 7.33. The zero-order valence-corrected chi connectivity index (χ0v) is 14.0. The van der Waals surface area contributed by atoms with Gasteiger partial charge in [-0.25, -0.2) is 0 Å². The third-order valence-corrected chi connectivity index (χ3v) is 4.92. The molecule has 1 N–H and O–H groups in total. The molecule has 3 heteroatoms. The van der Waals surface area contributed by atoms with E-state index in [1.165, 1.54) is 35.0 Å². The summed E-state index contributed by atoms with van der Waals surface area (Å²) in [6.07, 6.45) is 3.85. The van der Waals surface area contributed by atoms with Gasteiger partial charge in [-0.1, -0.05) is 28.9 Å². The van der Waals surface area contributed by atoms with Gasteiger partial charge in [-0.15, -0.1) is 0 Å². The third kappa shape index (κ3) is 2.97. The Morgan fingerprint density at radius 2 is 2.16 bits per heavy atom. The number of anilines is 1. The quantitative estimate of drug-likeness (QED) is 0.877. The number of nitrogens with zero attached hydrogens (tertiary/aromatic N) is 1. The lowest BCUT2D eigenvalue weighted by molar-refractivity contribution is 0.608. The van der Waals surface area contributed by atoms with Crippen molar-refractivity contribution >= 4 is 21.6 Å². The van der Waals surface area contributed by atoms with Crippen LogP contribution in [0.5, 0.6) is 0 Å². The molecule has 1 saturated heterocycles. The third-order valence-electron chi connectivity index (χ3n) is 4.43. The van der Waals surface area contributed by atoms with Crippen LogP contribution in [0.2, 0.25) is 0 Å². The maximum absolute atomic E-state index is 3.63. The van der Waals surface area contributed by atoms with Crippen LogP contribution in [-0.2, 0) is 0 Å². The maximum Gasteiger partial charge on any atom is 0.0430 e. The van der Waals surface area contributed by atoms with E-state index in [1.54, 1.807) is 0 Å². The molecule has 0 radical (unpaired) electrons. The van der Waals surface area contributed by atoms with Crippen molar-refractivity contribution in [2.45, 2.75) is 58.2 Å². The first-order chi connectivity index (χ1) is 9.08. The van der Waals surface area contributed by atoms with Gasteiger partial charge in [0.1, 0.15) is 0 Å². The molecule has 1 aromatic rings. The van der Waals surface area contributed by atoms with Crippen molar-refractivity contribution in [3.63, 3.8) is 0 Å². The maximum atomic E-state index is 3.63. The van der Waals surface area contributed by atoms with Crippen molar-refractivity contribution in [3.8, 4) is 0 Å². The molecule has 1 heterocycles. The van der Waals surface area contributed by atoms with Crippen LogP contribution < -0.4 is 10.2 Å². The largest absolute Gasteiger partial charge is 0.366 e. The first-order valence-corrected chi connectivity index (χ1v) is 8.12. The van der Waals surface area contributed by atoms with E-state index < -0.39 is 0 Å². The lowest BCUT2D eigenvalue weighted by atomic mass is 10.0. The van der Waals surface area contributed by atoms with Gasteiger partial charge in [-0.2, -0.15) is 0 Å². The van der Waals surface area contributed by atoms with Gasteiger partial charge < -0.3 is 10.2 Å². The van der Waals surface area contributed by atoms with E-state index in [2.05, 4.69) is 65.1 Å². The average molecular weight is 325 g/mol. The number of benzene rings is 1. The molecule has 2 nitrogen and oxygen atoms in total. The van der Waals surface area contributed by atoms with Crippen molar-refractivity contribution in [3.05, 3.63) is 28.2 Å². The van der Waals surface area contributed by atoms with Gasteiger partial charge in [0.25, 0.3) is 0 Å². The SMILES string of the molecule is CCC1CCC(C)N1c1cc(Br)ccc1C(C)NC. The Kier molecular flexibility index (Phi) is 4.91. The van der Waals surface area contributed by atoms with Crippen molar-refractivity contribution < 1.29 is 0 Å². The summed E-state index contributed by atoms with van der Waals surface area (Å²) in [6, 6.07) is 8.39.